The van der Waals surface area contributed by atoms with Gasteiger partial charge in [0.2, 0.25) is 5.71 Å². The van der Waals surface area contributed by atoms with Crippen molar-refractivity contribution in [3.63, 3.8) is 0 Å². The number of aromatic nitrogens is 2. The van der Waals surface area contributed by atoms with E-state index in [-0.39, 0.29) is 35.2 Å². The van der Waals surface area contributed by atoms with E-state index in [0.29, 0.717) is 11.5 Å². The average molecular weight is 331 g/mol. The van der Waals surface area contributed by atoms with Gasteiger partial charge in [-0.15, -0.1) is 0 Å². The minimum atomic E-state index is -0.808. The number of amides is 1. The Bertz CT molecular complexity index is 923. The van der Waals surface area contributed by atoms with Crippen molar-refractivity contribution in [2.45, 2.75) is 19.4 Å². The molecule has 0 fully saturated rings. The van der Waals surface area contributed by atoms with Crippen molar-refractivity contribution >= 4 is 17.0 Å². The quantitative estimate of drug-likeness (QED) is 0.729. The molecule has 0 aliphatic heterocycles. The van der Waals surface area contributed by atoms with E-state index in [1.807, 2.05) is 0 Å². The maximum Gasteiger partial charge on any atom is 0.265 e. The monoisotopic (exact) mass is 331 g/mol. The van der Waals surface area contributed by atoms with Crippen molar-refractivity contribution in [1.82, 2.24) is 14.9 Å². The normalized spacial score (nSPS) is 12.5. The van der Waals surface area contributed by atoms with Gasteiger partial charge in [0.25, 0.3) is 11.5 Å². The lowest BCUT2D eigenvalue weighted by Gasteiger charge is -2.08. The highest BCUT2D eigenvalue weighted by atomic mass is 16.4. The summed E-state index contributed by atoms with van der Waals surface area (Å²) in [7, 11) is 1.55. The number of rotatable bonds is 5. The first-order chi connectivity index (χ1) is 11.5. The molecule has 0 spiro atoms. The molecule has 1 atom stereocenters. The predicted molar refractivity (Wildman–Crippen MR) is 84.6 cm³/mol. The van der Waals surface area contributed by atoms with Crippen LogP contribution in [0.1, 0.15) is 34.4 Å². The van der Waals surface area contributed by atoms with Crippen LogP contribution in [0.2, 0.25) is 0 Å². The molecule has 0 aliphatic carbocycles. The summed E-state index contributed by atoms with van der Waals surface area (Å²) in [5.74, 6) is 0.320. The van der Waals surface area contributed by atoms with E-state index >= 15 is 0 Å². The molecule has 3 heterocycles. The molecule has 0 aromatic carbocycles. The third-order valence-corrected chi connectivity index (χ3v) is 3.75. The highest BCUT2D eigenvalue weighted by molar-refractivity contribution is 6.06. The Hall–Kier alpha value is -2.87. The molecule has 0 saturated carbocycles. The van der Waals surface area contributed by atoms with Crippen molar-refractivity contribution in [2.75, 3.05) is 6.54 Å². The molecule has 8 nitrogen and oxygen atoms in total. The number of carbonyl (C=O) groups excluding carboxylic acids is 1. The van der Waals surface area contributed by atoms with Gasteiger partial charge in [0, 0.05) is 13.6 Å². The maximum absolute atomic E-state index is 12.4. The summed E-state index contributed by atoms with van der Waals surface area (Å²) in [6.07, 6.45) is 2.29. The van der Waals surface area contributed by atoms with Crippen LogP contribution in [-0.4, -0.2) is 27.1 Å². The Labute approximate surface area is 136 Å². The predicted octanol–water partition coefficient (Wildman–Crippen LogP) is 1.28. The van der Waals surface area contributed by atoms with Gasteiger partial charge >= 0.3 is 0 Å². The van der Waals surface area contributed by atoms with E-state index in [9.17, 15) is 14.7 Å². The van der Waals surface area contributed by atoms with E-state index in [2.05, 4.69) is 10.3 Å². The molecule has 0 aliphatic rings. The lowest BCUT2D eigenvalue weighted by atomic mass is 10.1. The van der Waals surface area contributed by atoms with Crippen LogP contribution in [0.15, 0.2) is 38.4 Å². The first-order valence-corrected chi connectivity index (χ1v) is 7.43. The number of aliphatic hydroxyl groups excluding tert-OH is 1. The first-order valence-electron chi connectivity index (χ1n) is 7.43. The Morgan fingerprint density at radius 2 is 2.29 bits per heavy atom. The summed E-state index contributed by atoms with van der Waals surface area (Å²) in [5, 5.41) is 12.8. The van der Waals surface area contributed by atoms with Crippen LogP contribution in [0.25, 0.3) is 11.1 Å². The van der Waals surface area contributed by atoms with Crippen LogP contribution in [-0.2, 0) is 7.05 Å². The maximum atomic E-state index is 12.4. The van der Waals surface area contributed by atoms with Gasteiger partial charge in [-0.05, 0) is 25.5 Å². The zero-order valence-corrected chi connectivity index (χ0v) is 13.3. The second-order valence-electron chi connectivity index (χ2n) is 5.45. The number of aliphatic hydroxyl groups is 1. The minimum Gasteiger partial charge on any atom is -0.467 e. The van der Waals surface area contributed by atoms with Crippen LogP contribution < -0.4 is 10.9 Å². The summed E-state index contributed by atoms with van der Waals surface area (Å²) >= 11 is 0. The van der Waals surface area contributed by atoms with E-state index in [4.69, 9.17) is 8.83 Å². The third-order valence-electron chi connectivity index (χ3n) is 3.75. The molecule has 0 bridgehead atoms. The van der Waals surface area contributed by atoms with Crippen molar-refractivity contribution in [3.8, 4) is 0 Å². The van der Waals surface area contributed by atoms with Crippen LogP contribution in [0, 0.1) is 6.92 Å². The zero-order valence-electron chi connectivity index (χ0n) is 13.3. The van der Waals surface area contributed by atoms with Crippen LogP contribution >= 0.6 is 0 Å². The molecule has 8 heteroatoms. The fourth-order valence-corrected chi connectivity index (χ4v) is 2.49. The second-order valence-corrected chi connectivity index (χ2v) is 5.45. The first kappa shape index (κ1) is 16.0. The molecule has 1 amide bonds. The van der Waals surface area contributed by atoms with Gasteiger partial charge in [-0.1, -0.05) is 0 Å². The van der Waals surface area contributed by atoms with Gasteiger partial charge in [-0.2, -0.15) is 0 Å². The Morgan fingerprint density at radius 3 is 3.00 bits per heavy atom. The molecule has 3 aromatic rings. The van der Waals surface area contributed by atoms with E-state index in [0.717, 1.165) is 0 Å². The summed E-state index contributed by atoms with van der Waals surface area (Å²) in [5.41, 5.74) is -0.0415. The standard InChI is InChI=1S/C16H17N3O5/c1-9-12(13-15(24-9)18-8-19(2)16(13)22)14(21)17-6-5-10(20)11-4-3-7-23-11/h3-4,7-8,10,20H,5-6H2,1-2H3,(H,17,21). The number of hydrogen-bond donors (Lipinski definition) is 2. The third kappa shape index (κ3) is 2.83. The smallest absolute Gasteiger partial charge is 0.265 e. The zero-order chi connectivity index (χ0) is 17.3. The average Bonchev–Trinajstić information content (AvgIpc) is 3.18. The highest BCUT2D eigenvalue weighted by Gasteiger charge is 2.22. The van der Waals surface area contributed by atoms with E-state index in [1.54, 1.807) is 26.1 Å². The summed E-state index contributed by atoms with van der Waals surface area (Å²) < 4.78 is 11.8. The number of furan rings is 2. The lowest BCUT2D eigenvalue weighted by molar-refractivity contribution is 0.0936. The minimum absolute atomic E-state index is 0.136. The largest absolute Gasteiger partial charge is 0.467 e. The molecular formula is C16H17N3O5. The van der Waals surface area contributed by atoms with Crippen LogP contribution in [0.4, 0.5) is 0 Å². The molecule has 3 aromatic heterocycles. The van der Waals surface area contributed by atoms with Crippen molar-refractivity contribution in [2.24, 2.45) is 7.05 Å². The van der Waals surface area contributed by atoms with Gasteiger partial charge in [0.15, 0.2) is 0 Å². The van der Waals surface area contributed by atoms with Crippen molar-refractivity contribution in [1.29, 1.82) is 0 Å². The van der Waals surface area contributed by atoms with Gasteiger partial charge < -0.3 is 23.8 Å². The number of aryl methyl sites for hydroxylation is 2. The topological polar surface area (TPSA) is 110 Å². The Balaban J connectivity index is 1.76. The second kappa shape index (κ2) is 6.32. The molecule has 1 unspecified atom stereocenters. The Morgan fingerprint density at radius 1 is 1.50 bits per heavy atom. The van der Waals surface area contributed by atoms with Crippen molar-refractivity contribution in [3.05, 3.63) is 52.2 Å². The Kier molecular flexibility index (Phi) is 4.22. The SMILES string of the molecule is Cc1oc2ncn(C)c(=O)c2c1C(=O)NCCC(O)c1ccco1. The number of hydrogen-bond acceptors (Lipinski definition) is 6. The molecule has 24 heavy (non-hydrogen) atoms. The van der Waals surface area contributed by atoms with Gasteiger partial charge in [-0.3, -0.25) is 9.59 Å². The van der Waals surface area contributed by atoms with Crippen molar-refractivity contribution < 1.29 is 18.7 Å². The molecule has 0 saturated heterocycles. The van der Waals surface area contributed by atoms with Gasteiger partial charge in [-0.25, -0.2) is 4.98 Å². The molecule has 0 radical (unpaired) electrons. The summed E-state index contributed by atoms with van der Waals surface area (Å²) in [4.78, 5) is 28.7. The van der Waals surface area contributed by atoms with E-state index in [1.165, 1.54) is 17.2 Å². The number of nitrogens with zero attached hydrogens (tertiary/aromatic N) is 2. The number of fused-ring (bicyclic) bond motifs is 1. The van der Waals surface area contributed by atoms with Crippen LogP contribution in [0.5, 0.6) is 0 Å². The molecule has 2 N–H and O–H groups in total. The summed E-state index contributed by atoms with van der Waals surface area (Å²) in [6, 6.07) is 3.34. The highest BCUT2D eigenvalue weighted by Crippen LogP contribution is 2.21. The lowest BCUT2D eigenvalue weighted by Crippen LogP contribution is -2.27. The molecule has 3 rings (SSSR count). The van der Waals surface area contributed by atoms with Crippen LogP contribution in [0.3, 0.4) is 0 Å². The van der Waals surface area contributed by atoms with E-state index < -0.39 is 12.0 Å². The fourth-order valence-electron chi connectivity index (χ4n) is 2.49. The molecular weight excluding hydrogens is 314 g/mol. The molecule has 126 valence electrons. The van der Waals surface area contributed by atoms with Gasteiger partial charge in [0.1, 0.15) is 29.3 Å². The number of nitrogens with one attached hydrogen (secondary N) is 1. The fraction of sp³-hybridized carbons (Fsp3) is 0.312. The summed E-state index contributed by atoms with van der Waals surface area (Å²) in [6.45, 7) is 1.82. The van der Waals surface area contributed by atoms with Gasteiger partial charge in [0.05, 0.1) is 11.8 Å². The number of carbonyl (C=O) groups is 1.